The number of sulfone groups is 1. The van der Waals surface area contributed by atoms with Crippen molar-refractivity contribution in [1.82, 2.24) is 5.32 Å². The summed E-state index contributed by atoms with van der Waals surface area (Å²) in [5.41, 5.74) is 0. The molecule has 0 amide bonds. The minimum absolute atomic E-state index is 0.0754. The van der Waals surface area contributed by atoms with Crippen molar-refractivity contribution in [1.29, 1.82) is 0 Å². The van der Waals surface area contributed by atoms with Crippen LogP contribution in [0.5, 0.6) is 0 Å². The number of nitrogens with one attached hydrogen (secondary N) is 1. The van der Waals surface area contributed by atoms with Crippen LogP contribution < -0.4 is 5.32 Å². The molecule has 5 heteroatoms. The Hall–Kier alpha value is -0.390. The second-order valence-electron chi connectivity index (χ2n) is 5.45. The van der Waals surface area contributed by atoms with E-state index in [1.54, 1.807) is 18.2 Å². The third-order valence-electron chi connectivity index (χ3n) is 3.99. The Morgan fingerprint density at radius 2 is 2.05 bits per heavy atom. The molecule has 1 saturated carbocycles. The van der Waals surface area contributed by atoms with Crippen molar-refractivity contribution in [3.8, 4) is 0 Å². The highest BCUT2D eigenvalue weighted by atomic mass is 79.9. The van der Waals surface area contributed by atoms with E-state index in [2.05, 4.69) is 21.2 Å². The molecule has 0 aromatic heterocycles. The molecule has 1 aliphatic rings. The number of benzene rings is 1. The van der Waals surface area contributed by atoms with Crippen LogP contribution in [0.1, 0.15) is 32.6 Å². The van der Waals surface area contributed by atoms with E-state index in [1.807, 2.05) is 13.0 Å². The first-order valence-electron chi connectivity index (χ1n) is 7.24. The fourth-order valence-electron chi connectivity index (χ4n) is 2.98. The Bertz CT molecular complexity index is 539. The molecule has 0 bridgehead atoms. The summed E-state index contributed by atoms with van der Waals surface area (Å²) in [6.07, 6.45) is 4.74. The average Bonchev–Trinajstić information content (AvgIpc) is 2.92. The minimum Gasteiger partial charge on any atom is -0.313 e. The third-order valence-corrected chi connectivity index (χ3v) is 6.25. The van der Waals surface area contributed by atoms with Crippen LogP contribution in [0.15, 0.2) is 33.6 Å². The van der Waals surface area contributed by atoms with Crippen LogP contribution in [0, 0.1) is 5.92 Å². The Balaban J connectivity index is 2.15. The quantitative estimate of drug-likeness (QED) is 0.846. The standard InChI is InChI=1S/C15H22BrNO2S/c1-2-17-15(12-6-3-4-7-12)11-20(18,19)14-9-5-8-13(16)10-14/h5,8-10,12,15,17H,2-4,6-7,11H2,1H3. The Kier molecular flexibility index (Phi) is 5.64. The van der Waals surface area contributed by atoms with Gasteiger partial charge < -0.3 is 5.32 Å². The van der Waals surface area contributed by atoms with E-state index >= 15 is 0 Å². The van der Waals surface area contributed by atoms with Gasteiger partial charge in [-0.05, 0) is 43.5 Å². The van der Waals surface area contributed by atoms with Crippen LogP contribution in [-0.4, -0.2) is 26.8 Å². The molecule has 0 spiro atoms. The lowest BCUT2D eigenvalue weighted by Crippen LogP contribution is -2.40. The van der Waals surface area contributed by atoms with Crippen LogP contribution >= 0.6 is 15.9 Å². The van der Waals surface area contributed by atoms with Gasteiger partial charge in [-0.1, -0.05) is 41.8 Å². The molecule has 0 radical (unpaired) electrons. The molecule has 1 fully saturated rings. The monoisotopic (exact) mass is 359 g/mol. The fourth-order valence-corrected chi connectivity index (χ4v) is 5.18. The maximum atomic E-state index is 12.6. The van der Waals surface area contributed by atoms with Gasteiger partial charge in [-0.2, -0.15) is 0 Å². The highest BCUT2D eigenvalue weighted by Gasteiger charge is 2.29. The lowest BCUT2D eigenvalue weighted by molar-refractivity contribution is 0.389. The molecular formula is C15H22BrNO2S. The first-order chi connectivity index (χ1) is 9.53. The summed E-state index contributed by atoms with van der Waals surface area (Å²) >= 11 is 3.34. The van der Waals surface area contributed by atoms with Crippen molar-refractivity contribution in [3.05, 3.63) is 28.7 Å². The molecule has 1 aromatic rings. The van der Waals surface area contributed by atoms with E-state index in [4.69, 9.17) is 0 Å². The van der Waals surface area contributed by atoms with E-state index in [0.29, 0.717) is 10.8 Å². The molecule has 0 saturated heterocycles. The molecule has 20 heavy (non-hydrogen) atoms. The number of halogens is 1. The van der Waals surface area contributed by atoms with Crippen LogP contribution in [0.3, 0.4) is 0 Å². The first-order valence-corrected chi connectivity index (χ1v) is 9.69. The zero-order valence-corrected chi connectivity index (χ0v) is 14.2. The van der Waals surface area contributed by atoms with Crippen molar-refractivity contribution < 1.29 is 8.42 Å². The minimum atomic E-state index is -3.23. The van der Waals surface area contributed by atoms with Crippen molar-refractivity contribution in [3.63, 3.8) is 0 Å². The van der Waals surface area contributed by atoms with Gasteiger partial charge >= 0.3 is 0 Å². The maximum absolute atomic E-state index is 12.6. The second-order valence-corrected chi connectivity index (χ2v) is 8.40. The second kappa shape index (κ2) is 7.05. The molecule has 2 rings (SSSR count). The summed E-state index contributed by atoms with van der Waals surface area (Å²) in [7, 11) is -3.23. The van der Waals surface area contributed by atoms with Crippen LogP contribution in [0.4, 0.5) is 0 Å². The van der Waals surface area contributed by atoms with Gasteiger partial charge in [-0.15, -0.1) is 0 Å². The average molecular weight is 360 g/mol. The summed E-state index contributed by atoms with van der Waals surface area (Å²) in [6, 6.07) is 7.06. The van der Waals surface area contributed by atoms with Gasteiger partial charge in [-0.3, -0.25) is 0 Å². The lowest BCUT2D eigenvalue weighted by Gasteiger charge is -2.24. The molecule has 1 atom stereocenters. The van der Waals surface area contributed by atoms with E-state index in [-0.39, 0.29) is 11.8 Å². The first kappa shape index (κ1) is 16.0. The smallest absolute Gasteiger partial charge is 0.179 e. The maximum Gasteiger partial charge on any atom is 0.179 e. The van der Waals surface area contributed by atoms with Gasteiger partial charge in [0.2, 0.25) is 0 Å². The Morgan fingerprint density at radius 1 is 1.35 bits per heavy atom. The molecule has 0 aliphatic heterocycles. The summed E-state index contributed by atoms with van der Waals surface area (Å²) in [4.78, 5) is 0.410. The van der Waals surface area contributed by atoms with Gasteiger partial charge in [0.1, 0.15) is 0 Å². The molecule has 112 valence electrons. The predicted octanol–water partition coefficient (Wildman–Crippen LogP) is 3.39. The van der Waals surface area contributed by atoms with Gasteiger partial charge in [0.05, 0.1) is 10.6 Å². The normalized spacial score (nSPS) is 18.3. The van der Waals surface area contributed by atoms with E-state index in [9.17, 15) is 8.42 Å². The van der Waals surface area contributed by atoms with E-state index in [1.165, 1.54) is 12.8 Å². The molecule has 1 aromatic carbocycles. The van der Waals surface area contributed by atoms with E-state index < -0.39 is 9.84 Å². The molecule has 1 N–H and O–H groups in total. The molecule has 1 aliphatic carbocycles. The number of rotatable bonds is 6. The van der Waals surface area contributed by atoms with Crippen molar-refractivity contribution in [2.75, 3.05) is 12.3 Å². The van der Waals surface area contributed by atoms with Crippen LogP contribution in [0.2, 0.25) is 0 Å². The lowest BCUT2D eigenvalue weighted by atomic mass is 10.00. The highest BCUT2D eigenvalue weighted by Crippen LogP contribution is 2.29. The van der Waals surface area contributed by atoms with Gasteiger partial charge in [0, 0.05) is 10.5 Å². The van der Waals surface area contributed by atoms with Crippen LogP contribution in [0.25, 0.3) is 0 Å². The number of hydrogen-bond acceptors (Lipinski definition) is 3. The van der Waals surface area contributed by atoms with Gasteiger partial charge in [0.25, 0.3) is 0 Å². The van der Waals surface area contributed by atoms with Crippen molar-refractivity contribution >= 4 is 25.8 Å². The molecule has 3 nitrogen and oxygen atoms in total. The summed E-state index contributed by atoms with van der Waals surface area (Å²) in [6.45, 7) is 2.85. The van der Waals surface area contributed by atoms with Crippen molar-refractivity contribution in [2.24, 2.45) is 5.92 Å². The summed E-state index contributed by atoms with van der Waals surface area (Å²) in [5.74, 6) is 0.693. The molecule has 0 heterocycles. The summed E-state index contributed by atoms with van der Waals surface area (Å²) < 4.78 is 25.9. The molecule has 1 unspecified atom stereocenters. The predicted molar refractivity (Wildman–Crippen MR) is 85.6 cm³/mol. The Labute approximate surface area is 130 Å². The van der Waals surface area contributed by atoms with Gasteiger partial charge in [-0.25, -0.2) is 8.42 Å². The van der Waals surface area contributed by atoms with Crippen molar-refractivity contribution in [2.45, 2.75) is 43.5 Å². The SMILES string of the molecule is CCNC(CS(=O)(=O)c1cccc(Br)c1)C1CCCC1. The third kappa shape index (κ3) is 4.06. The summed E-state index contributed by atoms with van der Waals surface area (Å²) in [5, 5.41) is 3.37. The number of hydrogen-bond donors (Lipinski definition) is 1. The van der Waals surface area contributed by atoms with Gasteiger partial charge in [0.15, 0.2) is 9.84 Å². The topological polar surface area (TPSA) is 46.2 Å². The van der Waals surface area contributed by atoms with E-state index in [0.717, 1.165) is 23.9 Å². The zero-order chi connectivity index (χ0) is 14.6. The van der Waals surface area contributed by atoms with Crippen LogP contribution in [-0.2, 0) is 9.84 Å². The fraction of sp³-hybridized carbons (Fsp3) is 0.600. The largest absolute Gasteiger partial charge is 0.313 e. The highest BCUT2D eigenvalue weighted by molar-refractivity contribution is 9.10. The molecular weight excluding hydrogens is 338 g/mol. The zero-order valence-electron chi connectivity index (χ0n) is 11.8. The Morgan fingerprint density at radius 3 is 2.65 bits per heavy atom.